The molecule has 0 aromatic rings. The molecule has 2 heteroatoms. The van der Waals surface area contributed by atoms with E-state index >= 15 is 0 Å². The van der Waals surface area contributed by atoms with Crippen molar-refractivity contribution < 1.29 is 9.90 Å². The van der Waals surface area contributed by atoms with Gasteiger partial charge in [-0.1, -0.05) is 85.0 Å². The Balaban J connectivity index is 3.53. The highest BCUT2D eigenvalue weighted by atomic mass is 16.4. The first kappa shape index (κ1) is 19.5. The summed E-state index contributed by atoms with van der Waals surface area (Å²) in [5, 5.41) is 8.57. The van der Waals surface area contributed by atoms with Gasteiger partial charge in [-0.15, -0.1) is 0 Å². The van der Waals surface area contributed by atoms with Crippen LogP contribution in [0.2, 0.25) is 0 Å². The van der Waals surface area contributed by atoms with Gasteiger partial charge in [-0.3, -0.25) is 4.79 Å². The maximum absolute atomic E-state index is 10.4. The van der Waals surface area contributed by atoms with Gasteiger partial charge in [0.15, 0.2) is 0 Å². The lowest BCUT2D eigenvalue weighted by Gasteiger charge is -2.22. The van der Waals surface area contributed by atoms with Gasteiger partial charge in [0.1, 0.15) is 0 Å². The van der Waals surface area contributed by atoms with Crippen LogP contribution in [0.25, 0.3) is 0 Å². The summed E-state index contributed by atoms with van der Waals surface area (Å²) in [4.78, 5) is 10.4. The van der Waals surface area contributed by atoms with E-state index in [2.05, 4.69) is 20.8 Å². The van der Waals surface area contributed by atoms with E-state index in [-0.39, 0.29) is 0 Å². The van der Waals surface area contributed by atoms with Crippen molar-refractivity contribution in [2.24, 2.45) is 11.8 Å². The minimum Gasteiger partial charge on any atom is -0.481 e. The molecule has 0 amide bonds. The molecule has 0 spiro atoms. The van der Waals surface area contributed by atoms with Crippen molar-refractivity contribution in [3.63, 3.8) is 0 Å². The van der Waals surface area contributed by atoms with Gasteiger partial charge in [-0.2, -0.15) is 0 Å². The van der Waals surface area contributed by atoms with Crippen LogP contribution in [-0.2, 0) is 4.79 Å². The van der Waals surface area contributed by atoms with Crippen LogP contribution in [0.15, 0.2) is 0 Å². The Morgan fingerprint density at radius 2 is 1.50 bits per heavy atom. The third kappa shape index (κ3) is 11.3. The van der Waals surface area contributed by atoms with Crippen LogP contribution in [0, 0.1) is 11.8 Å². The zero-order valence-corrected chi connectivity index (χ0v) is 14.0. The van der Waals surface area contributed by atoms with E-state index in [1.54, 1.807) is 0 Å². The molecule has 2 nitrogen and oxygen atoms in total. The van der Waals surface area contributed by atoms with E-state index < -0.39 is 5.97 Å². The molecular weight excluding hydrogens is 248 g/mol. The van der Waals surface area contributed by atoms with Crippen molar-refractivity contribution in [2.75, 3.05) is 0 Å². The van der Waals surface area contributed by atoms with Crippen LogP contribution in [0.1, 0.15) is 97.8 Å². The average Bonchev–Trinajstić information content (AvgIpc) is 2.42. The summed E-state index contributed by atoms with van der Waals surface area (Å²) in [6.07, 6.45) is 14.2. The monoisotopic (exact) mass is 284 g/mol. The molecule has 120 valence electrons. The first-order chi connectivity index (χ1) is 9.61. The van der Waals surface area contributed by atoms with Gasteiger partial charge in [-0.05, 0) is 18.3 Å². The standard InChI is InChI=1S/C18H36O2/c1-4-6-10-14-17(5-2)16(3)13-11-8-7-9-12-15-18(19)20/h16-17H,4-15H2,1-3H3,(H,19,20). The van der Waals surface area contributed by atoms with Crippen LogP contribution in [0.4, 0.5) is 0 Å². The van der Waals surface area contributed by atoms with Gasteiger partial charge < -0.3 is 5.11 Å². The second-order valence-electron chi connectivity index (χ2n) is 6.34. The highest BCUT2D eigenvalue weighted by molar-refractivity contribution is 5.66. The third-order valence-electron chi connectivity index (χ3n) is 4.56. The highest BCUT2D eigenvalue weighted by Crippen LogP contribution is 2.26. The van der Waals surface area contributed by atoms with Gasteiger partial charge in [0.25, 0.3) is 0 Å². The Hall–Kier alpha value is -0.530. The van der Waals surface area contributed by atoms with Gasteiger partial charge >= 0.3 is 5.97 Å². The smallest absolute Gasteiger partial charge is 0.303 e. The van der Waals surface area contributed by atoms with E-state index in [1.165, 1.54) is 57.8 Å². The summed E-state index contributed by atoms with van der Waals surface area (Å²) in [7, 11) is 0. The number of hydrogen-bond donors (Lipinski definition) is 1. The number of aliphatic carboxylic acids is 1. The molecule has 0 radical (unpaired) electrons. The molecule has 2 atom stereocenters. The molecular formula is C18H36O2. The molecule has 0 aromatic heterocycles. The van der Waals surface area contributed by atoms with Crippen LogP contribution >= 0.6 is 0 Å². The molecule has 0 fully saturated rings. The van der Waals surface area contributed by atoms with Crippen molar-refractivity contribution in [1.82, 2.24) is 0 Å². The van der Waals surface area contributed by atoms with E-state index in [0.29, 0.717) is 6.42 Å². The molecule has 1 N–H and O–H groups in total. The summed E-state index contributed by atoms with van der Waals surface area (Å²) in [6, 6.07) is 0. The lowest BCUT2D eigenvalue weighted by atomic mass is 9.83. The topological polar surface area (TPSA) is 37.3 Å². The minimum absolute atomic E-state index is 0.339. The summed E-state index contributed by atoms with van der Waals surface area (Å²) >= 11 is 0. The molecule has 0 heterocycles. The SMILES string of the molecule is CCCCCC(CC)C(C)CCCCCCCC(=O)O. The van der Waals surface area contributed by atoms with Gasteiger partial charge in [0.2, 0.25) is 0 Å². The normalized spacial score (nSPS) is 14.2. The number of carboxylic acid groups (broad SMARTS) is 1. The Bertz CT molecular complexity index is 225. The minimum atomic E-state index is -0.656. The number of rotatable bonds is 14. The Morgan fingerprint density at radius 1 is 0.900 bits per heavy atom. The molecule has 20 heavy (non-hydrogen) atoms. The maximum atomic E-state index is 10.4. The molecule has 0 aliphatic heterocycles. The highest BCUT2D eigenvalue weighted by Gasteiger charge is 2.14. The Morgan fingerprint density at radius 3 is 2.10 bits per heavy atom. The Labute approximate surface area is 126 Å². The quantitative estimate of drug-likeness (QED) is 0.394. The van der Waals surface area contributed by atoms with Crippen LogP contribution in [-0.4, -0.2) is 11.1 Å². The fourth-order valence-corrected chi connectivity index (χ4v) is 3.06. The first-order valence-corrected chi connectivity index (χ1v) is 8.83. The molecule has 0 saturated carbocycles. The summed E-state index contributed by atoms with van der Waals surface area (Å²) in [6.45, 7) is 7.03. The summed E-state index contributed by atoms with van der Waals surface area (Å²) < 4.78 is 0. The van der Waals surface area contributed by atoms with Crippen molar-refractivity contribution in [1.29, 1.82) is 0 Å². The van der Waals surface area contributed by atoms with E-state index in [1.807, 2.05) is 0 Å². The van der Waals surface area contributed by atoms with Crippen LogP contribution in [0.3, 0.4) is 0 Å². The largest absolute Gasteiger partial charge is 0.481 e. The molecule has 0 rings (SSSR count). The summed E-state index contributed by atoms with van der Waals surface area (Å²) in [5.74, 6) is 1.11. The summed E-state index contributed by atoms with van der Waals surface area (Å²) in [5.41, 5.74) is 0. The fraction of sp³-hybridized carbons (Fsp3) is 0.944. The number of carboxylic acids is 1. The van der Waals surface area contributed by atoms with Crippen molar-refractivity contribution in [3.05, 3.63) is 0 Å². The number of hydrogen-bond acceptors (Lipinski definition) is 1. The van der Waals surface area contributed by atoms with Crippen molar-refractivity contribution in [3.8, 4) is 0 Å². The molecule has 0 aliphatic rings. The fourth-order valence-electron chi connectivity index (χ4n) is 3.06. The zero-order valence-electron chi connectivity index (χ0n) is 14.0. The first-order valence-electron chi connectivity index (χ1n) is 8.83. The van der Waals surface area contributed by atoms with E-state index in [9.17, 15) is 4.79 Å². The van der Waals surface area contributed by atoms with E-state index in [4.69, 9.17) is 5.11 Å². The number of unbranched alkanes of at least 4 members (excludes halogenated alkanes) is 6. The van der Waals surface area contributed by atoms with Gasteiger partial charge in [0, 0.05) is 6.42 Å². The predicted molar refractivity (Wildman–Crippen MR) is 87.0 cm³/mol. The molecule has 2 unspecified atom stereocenters. The zero-order chi connectivity index (χ0) is 15.2. The number of carbonyl (C=O) groups is 1. The molecule has 0 saturated heterocycles. The maximum Gasteiger partial charge on any atom is 0.303 e. The second-order valence-corrected chi connectivity index (χ2v) is 6.34. The lowest BCUT2D eigenvalue weighted by Crippen LogP contribution is -2.11. The third-order valence-corrected chi connectivity index (χ3v) is 4.56. The second kappa shape index (κ2) is 13.5. The van der Waals surface area contributed by atoms with Gasteiger partial charge in [-0.25, -0.2) is 0 Å². The Kier molecular flexibility index (Phi) is 13.1. The van der Waals surface area contributed by atoms with Crippen molar-refractivity contribution in [2.45, 2.75) is 97.8 Å². The molecule has 0 aromatic carbocycles. The van der Waals surface area contributed by atoms with E-state index in [0.717, 1.165) is 24.7 Å². The van der Waals surface area contributed by atoms with Crippen molar-refractivity contribution >= 4 is 5.97 Å². The molecule has 0 aliphatic carbocycles. The van der Waals surface area contributed by atoms with Gasteiger partial charge in [0.05, 0.1) is 0 Å². The molecule has 0 bridgehead atoms. The van der Waals surface area contributed by atoms with Crippen LogP contribution in [0.5, 0.6) is 0 Å². The van der Waals surface area contributed by atoms with Crippen LogP contribution < -0.4 is 0 Å². The predicted octanol–water partition coefficient (Wildman–Crippen LogP) is 6.04. The lowest BCUT2D eigenvalue weighted by molar-refractivity contribution is -0.137. The average molecular weight is 284 g/mol.